The minimum atomic E-state index is -0.646. The van der Waals surface area contributed by atoms with E-state index in [0.717, 1.165) is 0 Å². The summed E-state index contributed by atoms with van der Waals surface area (Å²) in [5, 5.41) is 0. The third kappa shape index (κ3) is 4.66. The number of carbonyl (C=O) groups is 3. The average molecular weight is 331 g/mol. The predicted molar refractivity (Wildman–Crippen MR) is 74.1 cm³/mol. The highest BCUT2D eigenvalue weighted by Gasteiger charge is 2.27. The maximum absolute atomic E-state index is 12.0. The van der Waals surface area contributed by atoms with Gasteiger partial charge in [-0.05, 0) is 26.7 Å². The van der Waals surface area contributed by atoms with Crippen LogP contribution in [0.1, 0.15) is 33.1 Å². The molecule has 0 aromatic rings. The molecule has 0 N–H and O–H groups in total. The Bertz CT molecular complexity index is 457. The Hall–Kier alpha value is -1.37. The summed E-state index contributed by atoms with van der Waals surface area (Å²) in [4.78, 5) is 40.7. The molecule has 1 rings (SSSR count). The zero-order valence-electron chi connectivity index (χ0n) is 10.8. The van der Waals surface area contributed by atoms with E-state index in [9.17, 15) is 14.4 Å². The number of ketones is 1. The topological polar surface area (TPSA) is 85.2 Å². The molecule has 1 aliphatic rings. The van der Waals surface area contributed by atoms with Gasteiger partial charge >= 0.3 is 12.0 Å². The number of ether oxygens (including phenoxy) is 1. The molecule has 0 spiro atoms. The van der Waals surface area contributed by atoms with E-state index in [4.69, 9.17) is 4.74 Å². The third-order valence-corrected chi connectivity index (χ3v) is 3.35. The van der Waals surface area contributed by atoms with Crippen LogP contribution in [-0.4, -0.2) is 40.6 Å². The first-order valence-corrected chi connectivity index (χ1v) is 6.89. The van der Waals surface area contributed by atoms with Crippen LogP contribution in [-0.2, 0) is 14.3 Å². The standard InChI is InChI=1S/C12H15BrN2O4/c1-3-19-9(16)6-4-5-8(13)11(17)10-7(2)14-12(18)15-10/h8H,3-6H2,1-2H3/t8-/m1/s1. The second-order valence-electron chi connectivity index (χ2n) is 3.97. The first-order chi connectivity index (χ1) is 8.95. The number of alkyl halides is 1. The first kappa shape index (κ1) is 15.7. The summed E-state index contributed by atoms with van der Waals surface area (Å²) in [5.41, 5.74) is 0.438. The smallest absolute Gasteiger partial charge is 0.368 e. The number of aliphatic imine (C=N–C) groups is 2. The van der Waals surface area contributed by atoms with E-state index in [-0.39, 0.29) is 23.9 Å². The predicted octanol–water partition coefficient (Wildman–Crippen LogP) is 2.09. The van der Waals surface area contributed by atoms with Gasteiger partial charge in [0.05, 0.1) is 17.1 Å². The lowest BCUT2D eigenvalue weighted by molar-refractivity contribution is -0.143. The van der Waals surface area contributed by atoms with Gasteiger partial charge in [0.1, 0.15) is 5.71 Å². The SMILES string of the molecule is CCOC(=O)CCC[C@@H](Br)C(=O)C1=NC(=O)N=C1C. The van der Waals surface area contributed by atoms with Gasteiger partial charge in [0.2, 0.25) is 0 Å². The largest absolute Gasteiger partial charge is 0.466 e. The summed E-state index contributed by atoms with van der Waals surface area (Å²) >= 11 is 3.24. The fourth-order valence-electron chi connectivity index (χ4n) is 1.57. The lowest BCUT2D eigenvalue weighted by atomic mass is 10.1. The van der Waals surface area contributed by atoms with Gasteiger partial charge in [-0.15, -0.1) is 0 Å². The summed E-state index contributed by atoms with van der Waals surface area (Å²) < 4.78 is 4.79. The Balaban J connectivity index is 2.42. The molecule has 2 amide bonds. The zero-order chi connectivity index (χ0) is 14.4. The molecule has 19 heavy (non-hydrogen) atoms. The fourth-order valence-corrected chi connectivity index (χ4v) is 2.11. The minimum Gasteiger partial charge on any atom is -0.466 e. The second kappa shape index (κ2) is 7.28. The Morgan fingerprint density at radius 2 is 2.05 bits per heavy atom. The molecule has 1 heterocycles. The summed E-state index contributed by atoms with van der Waals surface area (Å²) in [5.74, 6) is -0.559. The monoisotopic (exact) mass is 330 g/mol. The van der Waals surface area contributed by atoms with Gasteiger partial charge < -0.3 is 4.74 Å². The van der Waals surface area contributed by atoms with Crippen LogP contribution in [0, 0.1) is 0 Å². The van der Waals surface area contributed by atoms with Gasteiger partial charge in [0.25, 0.3) is 0 Å². The summed E-state index contributed by atoms with van der Waals surface area (Å²) in [7, 11) is 0. The quantitative estimate of drug-likeness (QED) is 0.528. The average Bonchev–Trinajstić information content (AvgIpc) is 2.67. The minimum absolute atomic E-state index is 0.100. The maximum Gasteiger partial charge on any atom is 0.368 e. The molecule has 0 saturated heterocycles. The number of esters is 1. The van der Waals surface area contributed by atoms with Crippen LogP contribution in [0.25, 0.3) is 0 Å². The van der Waals surface area contributed by atoms with Crippen LogP contribution in [0.15, 0.2) is 9.98 Å². The van der Waals surface area contributed by atoms with E-state index in [2.05, 4.69) is 25.9 Å². The lowest BCUT2D eigenvalue weighted by Gasteiger charge is -2.08. The van der Waals surface area contributed by atoms with E-state index in [1.165, 1.54) is 0 Å². The molecule has 7 heteroatoms. The van der Waals surface area contributed by atoms with Crippen LogP contribution in [0.5, 0.6) is 0 Å². The number of halogens is 1. The molecule has 0 bridgehead atoms. The van der Waals surface area contributed by atoms with Crippen molar-refractivity contribution in [2.24, 2.45) is 9.98 Å². The van der Waals surface area contributed by atoms with Crippen LogP contribution in [0.3, 0.4) is 0 Å². The van der Waals surface area contributed by atoms with E-state index in [1.54, 1.807) is 13.8 Å². The third-order valence-electron chi connectivity index (χ3n) is 2.48. The molecule has 1 aliphatic heterocycles. The van der Waals surface area contributed by atoms with Gasteiger partial charge in [-0.2, -0.15) is 9.98 Å². The molecule has 0 saturated carbocycles. The molecule has 0 aromatic heterocycles. The van der Waals surface area contributed by atoms with Crippen molar-refractivity contribution in [3.05, 3.63) is 0 Å². The molecule has 0 fully saturated rings. The fraction of sp³-hybridized carbons (Fsp3) is 0.583. The normalized spacial score (nSPS) is 15.8. The van der Waals surface area contributed by atoms with Crippen molar-refractivity contribution in [2.75, 3.05) is 6.61 Å². The van der Waals surface area contributed by atoms with Crippen molar-refractivity contribution < 1.29 is 19.1 Å². The second-order valence-corrected chi connectivity index (χ2v) is 5.07. The number of hydrogen-bond acceptors (Lipinski definition) is 4. The van der Waals surface area contributed by atoms with Gasteiger partial charge in [-0.25, -0.2) is 4.79 Å². The number of hydrogen-bond donors (Lipinski definition) is 0. The zero-order valence-corrected chi connectivity index (χ0v) is 12.4. The number of carbonyl (C=O) groups excluding carboxylic acids is 3. The van der Waals surface area contributed by atoms with Crippen LogP contribution in [0.2, 0.25) is 0 Å². The molecule has 0 radical (unpaired) electrons. The molecule has 1 atom stereocenters. The van der Waals surface area contributed by atoms with E-state index in [0.29, 0.717) is 25.2 Å². The summed E-state index contributed by atoms with van der Waals surface area (Å²) in [6, 6.07) is -0.646. The lowest BCUT2D eigenvalue weighted by Crippen LogP contribution is -2.28. The highest BCUT2D eigenvalue weighted by Crippen LogP contribution is 2.15. The molecule has 0 aromatic carbocycles. The van der Waals surface area contributed by atoms with Gasteiger partial charge in [0.15, 0.2) is 5.78 Å². The maximum atomic E-state index is 12.0. The number of nitrogens with zero attached hydrogens (tertiary/aromatic N) is 2. The van der Waals surface area contributed by atoms with Gasteiger partial charge in [0, 0.05) is 6.42 Å². The van der Waals surface area contributed by atoms with Gasteiger partial charge in [-0.3, -0.25) is 9.59 Å². The van der Waals surface area contributed by atoms with Crippen molar-refractivity contribution in [1.82, 2.24) is 0 Å². The number of urea groups is 1. The summed E-state index contributed by atoms with van der Waals surface area (Å²) in [6.07, 6.45) is 1.26. The van der Waals surface area contributed by atoms with Crippen LogP contribution < -0.4 is 0 Å². The Morgan fingerprint density at radius 3 is 2.58 bits per heavy atom. The van der Waals surface area contributed by atoms with Crippen LogP contribution in [0.4, 0.5) is 4.79 Å². The molecule has 104 valence electrons. The van der Waals surface area contributed by atoms with Crippen molar-refractivity contribution in [3.63, 3.8) is 0 Å². The van der Waals surface area contributed by atoms with Crippen molar-refractivity contribution >= 4 is 45.1 Å². The number of Topliss-reactive ketones (excluding diaryl/α,β-unsaturated/α-hetero) is 1. The summed E-state index contributed by atoms with van der Waals surface area (Å²) in [6.45, 7) is 3.66. The molecular formula is C12H15BrN2O4. The molecule has 6 nitrogen and oxygen atoms in total. The number of rotatable bonds is 7. The molecule has 0 aliphatic carbocycles. The van der Waals surface area contributed by atoms with Gasteiger partial charge in [-0.1, -0.05) is 15.9 Å². The van der Waals surface area contributed by atoms with Crippen molar-refractivity contribution in [3.8, 4) is 0 Å². The van der Waals surface area contributed by atoms with Crippen LogP contribution >= 0.6 is 15.9 Å². The van der Waals surface area contributed by atoms with E-state index < -0.39 is 10.9 Å². The molecular weight excluding hydrogens is 316 g/mol. The van der Waals surface area contributed by atoms with Crippen molar-refractivity contribution in [2.45, 2.75) is 37.9 Å². The molecule has 0 unspecified atom stereocenters. The van der Waals surface area contributed by atoms with E-state index in [1.807, 2.05) is 0 Å². The Labute approximate surface area is 119 Å². The highest BCUT2D eigenvalue weighted by atomic mass is 79.9. The van der Waals surface area contributed by atoms with Crippen molar-refractivity contribution in [1.29, 1.82) is 0 Å². The first-order valence-electron chi connectivity index (χ1n) is 5.98. The Morgan fingerprint density at radius 1 is 1.37 bits per heavy atom. The number of amides is 2. The highest BCUT2D eigenvalue weighted by molar-refractivity contribution is 9.10. The Kier molecular flexibility index (Phi) is 6.01. The van der Waals surface area contributed by atoms with E-state index >= 15 is 0 Å².